The lowest BCUT2D eigenvalue weighted by atomic mass is 10.2. The first kappa shape index (κ1) is 15.9. The Bertz CT molecular complexity index is 517. The summed E-state index contributed by atoms with van der Waals surface area (Å²) < 4.78 is 0. The fourth-order valence-corrected chi connectivity index (χ4v) is 2.90. The van der Waals surface area contributed by atoms with E-state index in [1.54, 1.807) is 23.2 Å². The van der Waals surface area contributed by atoms with Crippen LogP contribution < -0.4 is 5.73 Å². The van der Waals surface area contributed by atoms with Gasteiger partial charge in [-0.15, -0.1) is 0 Å². The average molecular weight is 306 g/mol. The number of nitrogens with two attached hydrogens (primary N) is 1. The van der Waals surface area contributed by atoms with E-state index >= 15 is 0 Å². The van der Waals surface area contributed by atoms with Gasteiger partial charge in [-0.3, -0.25) is 14.7 Å². The molecule has 0 radical (unpaired) electrons. The van der Waals surface area contributed by atoms with Crippen molar-refractivity contribution in [3.05, 3.63) is 29.6 Å². The Morgan fingerprint density at radius 2 is 2.33 bits per heavy atom. The molecular formula is C15H22N4OS. The second-order valence-electron chi connectivity index (χ2n) is 5.41. The van der Waals surface area contributed by atoms with Crippen molar-refractivity contribution in [2.45, 2.75) is 25.8 Å². The number of carbonyl (C=O) groups is 1. The molecule has 1 amide bonds. The third-order valence-corrected chi connectivity index (χ3v) is 4.24. The number of likely N-dealkylation sites (tertiary alicyclic amines) is 1. The molecular weight excluding hydrogens is 284 g/mol. The minimum atomic E-state index is -0.0626. The number of thiocarbonyl (C=S) groups is 1. The highest BCUT2D eigenvalue weighted by molar-refractivity contribution is 7.80. The average Bonchev–Trinajstić information content (AvgIpc) is 2.93. The quantitative estimate of drug-likeness (QED) is 0.830. The molecule has 2 heterocycles. The zero-order valence-electron chi connectivity index (χ0n) is 12.6. The van der Waals surface area contributed by atoms with Gasteiger partial charge >= 0.3 is 0 Å². The molecule has 0 spiro atoms. The highest BCUT2D eigenvalue weighted by Crippen LogP contribution is 2.17. The molecule has 5 nitrogen and oxygen atoms in total. The fourth-order valence-electron chi connectivity index (χ4n) is 2.78. The van der Waals surface area contributed by atoms with Crippen LogP contribution in [0.15, 0.2) is 18.3 Å². The van der Waals surface area contributed by atoms with E-state index in [0.29, 0.717) is 22.3 Å². The number of likely N-dealkylation sites (N-methyl/N-ethyl adjacent to an activating group) is 2. The number of aromatic nitrogens is 1. The number of nitrogens with zero attached hydrogens (tertiary/aromatic N) is 3. The van der Waals surface area contributed by atoms with E-state index in [0.717, 1.165) is 26.1 Å². The predicted octanol–water partition coefficient (Wildman–Crippen LogP) is 1.27. The number of hydrogen-bond acceptors (Lipinski definition) is 4. The maximum absolute atomic E-state index is 12.4. The fraction of sp³-hybridized carbons (Fsp3) is 0.533. The van der Waals surface area contributed by atoms with Crippen molar-refractivity contribution >= 4 is 23.1 Å². The number of rotatable bonds is 5. The first-order valence-corrected chi connectivity index (χ1v) is 7.69. The van der Waals surface area contributed by atoms with Crippen molar-refractivity contribution < 1.29 is 4.79 Å². The minimum Gasteiger partial charge on any atom is -0.389 e. The van der Waals surface area contributed by atoms with E-state index in [4.69, 9.17) is 18.0 Å². The molecule has 1 saturated heterocycles. The first-order valence-electron chi connectivity index (χ1n) is 7.28. The Morgan fingerprint density at radius 1 is 1.57 bits per heavy atom. The van der Waals surface area contributed by atoms with Crippen molar-refractivity contribution in [2.24, 2.45) is 5.73 Å². The molecule has 0 aromatic carbocycles. The lowest BCUT2D eigenvalue weighted by Gasteiger charge is -2.27. The molecule has 0 bridgehead atoms. The Hall–Kier alpha value is -1.53. The van der Waals surface area contributed by atoms with Crippen LogP contribution in [0.1, 0.15) is 35.8 Å². The molecule has 114 valence electrons. The maximum atomic E-state index is 12.4. The lowest BCUT2D eigenvalue weighted by molar-refractivity contribution is 0.0749. The third-order valence-electron chi connectivity index (χ3n) is 4.00. The highest BCUT2D eigenvalue weighted by Gasteiger charge is 2.26. The van der Waals surface area contributed by atoms with E-state index in [2.05, 4.69) is 16.8 Å². The number of pyridine rings is 1. The van der Waals surface area contributed by atoms with Gasteiger partial charge in [0.2, 0.25) is 0 Å². The van der Waals surface area contributed by atoms with Crippen LogP contribution in [-0.2, 0) is 0 Å². The summed E-state index contributed by atoms with van der Waals surface area (Å²) in [4.78, 5) is 21.0. The van der Waals surface area contributed by atoms with Gasteiger partial charge in [-0.25, -0.2) is 0 Å². The number of carbonyl (C=O) groups excluding carboxylic acids is 1. The topological polar surface area (TPSA) is 62.5 Å². The molecule has 21 heavy (non-hydrogen) atoms. The molecule has 1 aromatic heterocycles. The molecule has 1 aliphatic heterocycles. The Morgan fingerprint density at radius 3 is 2.90 bits per heavy atom. The smallest absolute Gasteiger partial charge is 0.272 e. The van der Waals surface area contributed by atoms with E-state index in [1.165, 1.54) is 6.42 Å². The summed E-state index contributed by atoms with van der Waals surface area (Å²) in [6.45, 7) is 5.07. The molecule has 1 fully saturated rings. The molecule has 6 heteroatoms. The summed E-state index contributed by atoms with van der Waals surface area (Å²) in [5, 5.41) is 0. The van der Waals surface area contributed by atoms with E-state index < -0.39 is 0 Å². The van der Waals surface area contributed by atoms with Crippen molar-refractivity contribution in [1.82, 2.24) is 14.8 Å². The van der Waals surface area contributed by atoms with Crippen LogP contribution in [0.5, 0.6) is 0 Å². The standard InChI is InChI=1S/C15H22N4OS/c1-3-19-8-4-5-12(19)10-18(2)15(20)13-7-6-11(9-17-13)14(16)21/h6-7,9,12H,3-5,8,10H2,1-2H3,(H2,16,21). The van der Waals surface area contributed by atoms with Gasteiger partial charge in [-0.1, -0.05) is 19.1 Å². The SMILES string of the molecule is CCN1CCCC1CN(C)C(=O)c1ccc(C(N)=S)cn1. The summed E-state index contributed by atoms with van der Waals surface area (Å²) >= 11 is 4.88. The minimum absolute atomic E-state index is 0.0626. The third kappa shape index (κ3) is 3.77. The van der Waals surface area contributed by atoms with E-state index in [9.17, 15) is 4.79 Å². The molecule has 1 unspecified atom stereocenters. The van der Waals surface area contributed by atoms with E-state index in [1.807, 2.05) is 7.05 Å². The van der Waals surface area contributed by atoms with Gasteiger partial charge in [0.1, 0.15) is 10.7 Å². The van der Waals surface area contributed by atoms with Crippen LogP contribution in [0.25, 0.3) is 0 Å². The molecule has 1 aromatic rings. The Balaban J connectivity index is 2.00. The molecule has 1 aliphatic rings. The molecule has 0 aliphatic carbocycles. The second kappa shape index (κ2) is 6.95. The summed E-state index contributed by atoms with van der Waals surface area (Å²) in [5.41, 5.74) is 6.64. The molecule has 1 atom stereocenters. The Kier molecular flexibility index (Phi) is 5.25. The molecule has 2 N–H and O–H groups in total. The molecule has 2 rings (SSSR count). The monoisotopic (exact) mass is 306 g/mol. The summed E-state index contributed by atoms with van der Waals surface area (Å²) in [6, 6.07) is 3.88. The number of hydrogen-bond donors (Lipinski definition) is 1. The zero-order chi connectivity index (χ0) is 15.4. The van der Waals surface area contributed by atoms with Gasteiger partial charge in [0.25, 0.3) is 5.91 Å². The first-order chi connectivity index (χ1) is 10.0. The Labute approximate surface area is 131 Å². The highest BCUT2D eigenvalue weighted by atomic mass is 32.1. The van der Waals surface area contributed by atoms with Gasteiger partial charge in [-0.05, 0) is 38.1 Å². The van der Waals surface area contributed by atoms with Crippen molar-refractivity contribution in [2.75, 3.05) is 26.7 Å². The van der Waals surface area contributed by atoms with Gasteiger partial charge in [0, 0.05) is 31.4 Å². The van der Waals surface area contributed by atoms with Gasteiger partial charge in [0.05, 0.1) is 0 Å². The lowest BCUT2D eigenvalue weighted by Crippen LogP contribution is -2.41. The molecule has 0 saturated carbocycles. The normalized spacial score (nSPS) is 18.7. The van der Waals surface area contributed by atoms with Crippen molar-refractivity contribution in [1.29, 1.82) is 0 Å². The summed E-state index contributed by atoms with van der Waals surface area (Å²) in [5.74, 6) is -0.0626. The largest absolute Gasteiger partial charge is 0.389 e. The maximum Gasteiger partial charge on any atom is 0.272 e. The van der Waals surface area contributed by atoms with Crippen LogP contribution in [0, 0.1) is 0 Å². The van der Waals surface area contributed by atoms with Gasteiger partial charge in [0.15, 0.2) is 0 Å². The van der Waals surface area contributed by atoms with Crippen LogP contribution >= 0.6 is 12.2 Å². The van der Waals surface area contributed by atoms with Crippen molar-refractivity contribution in [3.8, 4) is 0 Å². The van der Waals surface area contributed by atoms with E-state index in [-0.39, 0.29) is 5.91 Å². The van der Waals surface area contributed by atoms with Gasteiger partial charge < -0.3 is 10.6 Å². The zero-order valence-corrected chi connectivity index (χ0v) is 13.4. The van der Waals surface area contributed by atoms with Crippen molar-refractivity contribution in [3.63, 3.8) is 0 Å². The van der Waals surface area contributed by atoms with Crippen LogP contribution in [0.3, 0.4) is 0 Å². The summed E-state index contributed by atoms with van der Waals surface area (Å²) in [6.07, 6.45) is 3.91. The van der Waals surface area contributed by atoms with Gasteiger partial charge in [-0.2, -0.15) is 0 Å². The van der Waals surface area contributed by atoms with Crippen LogP contribution in [-0.4, -0.2) is 58.4 Å². The second-order valence-corrected chi connectivity index (χ2v) is 5.85. The number of amides is 1. The summed E-state index contributed by atoms with van der Waals surface area (Å²) in [7, 11) is 1.83. The predicted molar refractivity (Wildman–Crippen MR) is 87.4 cm³/mol. The van der Waals surface area contributed by atoms with Crippen LogP contribution in [0.4, 0.5) is 0 Å². The van der Waals surface area contributed by atoms with Crippen LogP contribution in [0.2, 0.25) is 0 Å².